The van der Waals surface area contributed by atoms with Gasteiger partial charge in [0, 0.05) is 36.2 Å². The first kappa shape index (κ1) is 19.5. The summed E-state index contributed by atoms with van der Waals surface area (Å²) in [6.45, 7) is 0.342. The fourth-order valence-corrected chi connectivity index (χ4v) is 3.40. The Bertz CT molecular complexity index is 1140. The zero-order valence-electron chi connectivity index (χ0n) is 16.8. The van der Waals surface area contributed by atoms with Crippen molar-refractivity contribution < 1.29 is 14.3 Å². The average Bonchev–Trinajstić information content (AvgIpc) is 3.19. The third kappa shape index (κ3) is 3.73. The molecule has 150 valence electrons. The van der Waals surface area contributed by atoms with Crippen molar-refractivity contribution in [2.24, 2.45) is 0 Å². The van der Waals surface area contributed by atoms with Crippen LogP contribution in [0.5, 0.6) is 0 Å². The van der Waals surface area contributed by atoms with E-state index in [9.17, 15) is 4.79 Å². The SMILES string of the molecule is COCn1c(-c2ccccc2)nc(-c2ccc(C(=O)OC)cc2)c1-c1ccncc1. The first-order chi connectivity index (χ1) is 14.7. The maximum atomic E-state index is 11.8. The van der Waals surface area contributed by atoms with Gasteiger partial charge in [-0.05, 0) is 24.3 Å². The highest BCUT2D eigenvalue weighted by Crippen LogP contribution is 2.36. The molecule has 0 aliphatic carbocycles. The molecule has 0 bridgehead atoms. The summed E-state index contributed by atoms with van der Waals surface area (Å²) >= 11 is 0. The summed E-state index contributed by atoms with van der Waals surface area (Å²) < 4.78 is 12.4. The number of carbonyl (C=O) groups is 1. The summed E-state index contributed by atoms with van der Waals surface area (Å²) in [7, 11) is 3.03. The summed E-state index contributed by atoms with van der Waals surface area (Å²) in [5.74, 6) is 0.433. The lowest BCUT2D eigenvalue weighted by Gasteiger charge is -2.12. The third-order valence-electron chi connectivity index (χ3n) is 4.79. The van der Waals surface area contributed by atoms with Crippen LogP contribution in [0.15, 0.2) is 79.1 Å². The molecular formula is C24H21N3O3. The lowest BCUT2D eigenvalue weighted by Crippen LogP contribution is -2.04. The second-order valence-corrected chi connectivity index (χ2v) is 6.65. The summed E-state index contributed by atoms with van der Waals surface area (Å²) in [4.78, 5) is 20.9. The van der Waals surface area contributed by atoms with Crippen LogP contribution < -0.4 is 0 Å². The number of hydrogen-bond acceptors (Lipinski definition) is 5. The van der Waals surface area contributed by atoms with Crippen LogP contribution in [-0.2, 0) is 16.2 Å². The first-order valence-corrected chi connectivity index (χ1v) is 9.47. The maximum absolute atomic E-state index is 11.8. The van der Waals surface area contributed by atoms with Crippen LogP contribution in [0.3, 0.4) is 0 Å². The number of carbonyl (C=O) groups excluding carboxylic acids is 1. The highest BCUT2D eigenvalue weighted by Gasteiger charge is 2.21. The van der Waals surface area contributed by atoms with Gasteiger partial charge in [0.2, 0.25) is 0 Å². The maximum Gasteiger partial charge on any atom is 0.337 e. The molecule has 30 heavy (non-hydrogen) atoms. The molecule has 0 spiro atoms. The van der Waals surface area contributed by atoms with Crippen molar-refractivity contribution >= 4 is 5.97 Å². The minimum absolute atomic E-state index is 0.342. The molecule has 0 radical (unpaired) electrons. The van der Waals surface area contributed by atoms with Gasteiger partial charge in [0.15, 0.2) is 0 Å². The summed E-state index contributed by atoms with van der Waals surface area (Å²) in [6.07, 6.45) is 3.51. The van der Waals surface area contributed by atoms with Gasteiger partial charge in [-0.3, -0.25) is 9.55 Å². The molecular weight excluding hydrogens is 378 g/mol. The number of pyridine rings is 1. The number of esters is 1. The van der Waals surface area contributed by atoms with Gasteiger partial charge in [0.1, 0.15) is 12.6 Å². The van der Waals surface area contributed by atoms with E-state index in [1.54, 1.807) is 31.6 Å². The van der Waals surface area contributed by atoms with E-state index in [0.717, 1.165) is 33.9 Å². The molecule has 6 nitrogen and oxygen atoms in total. The second kappa shape index (κ2) is 8.71. The number of imidazole rings is 1. The Balaban J connectivity index is 1.94. The molecule has 6 heteroatoms. The van der Waals surface area contributed by atoms with Crippen LogP contribution in [0.1, 0.15) is 10.4 Å². The largest absolute Gasteiger partial charge is 0.465 e. The van der Waals surface area contributed by atoms with Gasteiger partial charge in [-0.1, -0.05) is 42.5 Å². The van der Waals surface area contributed by atoms with E-state index in [2.05, 4.69) is 4.98 Å². The molecule has 4 rings (SSSR count). The third-order valence-corrected chi connectivity index (χ3v) is 4.79. The smallest absolute Gasteiger partial charge is 0.337 e. The van der Waals surface area contributed by atoms with Crippen molar-refractivity contribution in [2.45, 2.75) is 6.73 Å². The van der Waals surface area contributed by atoms with Crippen LogP contribution >= 0.6 is 0 Å². The predicted octanol–water partition coefficient (Wildman–Crippen LogP) is 4.67. The quantitative estimate of drug-likeness (QED) is 0.441. The van der Waals surface area contributed by atoms with Gasteiger partial charge < -0.3 is 9.47 Å². The van der Waals surface area contributed by atoms with E-state index in [4.69, 9.17) is 14.5 Å². The first-order valence-electron chi connectivity index (χ1n) is 9.47. The van der Waals surface area contributed by atoms with Crippen LogP contribution in [0, 0.1) is 0 Å². The Morgan fingerprint density at radius 3 is 2.20 bits per heavy atom. The van der Waals surface area contributed by atoms with E-state index in [0.29, 0.717) is 12.3 Å². The van der Waals surface area contributed by atoms with Crippen molar-refractivity contribution in [3.8, 4) is 33.9 Å². The van der Waals surface area contributed by atoms with Gasteiger partial charge in [0.25, 0.3) is 0 Å². The van der Waals surface area contributed by atoms with E-state index >= 15 is 0 Å². The molecule has 0 amide bonds. The molecule has 2 aromatic carbocycles. The number of hydrogen-bond donors (Lipinski definition) is 0. The van der Waals surface area contributed by atoms with Crippen molar-refractivity contribution in [1.29, 1.82) is 0 Å². The highest BCUT2D eigenvalue weighted by atomic mass is 16.5. The summed E-state index contributed by atoms with van der Waals surface area (Å²) in [6, 6.07) is 21.1. The molecule has 0 saturated carbocycles. The van der Waals surface area contributed by atoms with Crippen LogP contribution in [0.25, 0.3) is 33.9 Å². The number of ether oxygens (including phenoxy) is 2. The Kier molecular flexibility index (Phi) is 5.68. The lowest BCUT2D eigenvalue weighted by molar-refractivity contribution is 0.0601. The topological polar surface area (TPSA) is 66.2 Å². The predicted molar refractivity (Wildman–Crippen MR) is 115 cm³/mol. The van der Waals surface area contributed by atoms with Crippen LogP contribution in [-0.4, -0.2) is 34.7 Å². The molecule has 4 aromatic rings. The summed E-state index contributed by atoms with van der Waals surface area (Å²) in [5, 5.41) is 0. The number of benzene rings is 2. The zero-order valence-corrected chi connectivity index (χ0v) is 16.8. The van der Waals surface area contributed by atoms with Crippen LogP contribution in [0.4, 0.5) is 0 Å². The van der Waals surface area contributed by atoms with Crippen molar-refractivity contribution in [2.75, 3.05) is 14.2 Å². The van der Waals surface area contributed by atoms with E-state index in [-0.39, 0.29) is 5.97 Å². The Labute approximate surface area is 174 Å². The Morgan fingerprint density at radius 2 is 1.57 bits per heavy atom. The molecule has 2 heterocycles. The Morgan fingerprint density at radius 1 is 0.867 bits per heavy atom. The van der Waals surface area contributed by atoms with Crippen LogP contribution in [0.2, 0.25) is 0 Å². The van der Waals surface area contributed by atoms with E-state index < -0.39 is 0 Å². The normalized spacial score (nSPS) is 10.7. The molecule has 2 aromatic heterocycles. The standard InChI is InChI=1S/C24H21N3O3/c1-29-16-27-22(18-12-14-25-15-13-18)21(26-23(27)19-6-4-3-5-7-19)17-8-10-20(11-9-17)24(28)30-2/h3-15H,16H2,1-2H3. The van der Waals surface area contributed by atoms with Crippen molar-refractivity contribution in [3.05, 3.63) is 84.7 Å². The van der Waals surface area contributed by atoms with Gasteiger partial charge in [-0.2, -0.15) is 0 Å². The average molecular weight is 399 g/mol. The monoisotopic (exact) mass is 399 g/mol. The summed E-state index contributed by atoms with van der Waals surface area (Å²) in [5.41, 5.74) is 5.07. The molecule has 0 unspecified atom stereocenters. The molecule has 0 atom stereocenters. The van der Waals surface area contributed by atoms with Gasteiger partial charge >= 0.3 is 5.97 Å². The van der Waals surface area contributed by atoms with Gasteiger partial charge in [-0.25, -0.2) is 9.78 Å². The second-order valence-electron chi connectivity index (χ2n) is 6.65. The molecule has 0 aliphatic rings. The number of methoxy groups -OCH3 is 2. The van der Waals surface area contributed by atoms with E-state index in [1.807, 2.05) is 59.2 Å². The fraction of sp³-hybridized carbons (Fsp3) is 0.125. The van der Waals surface area contributed by atoms with Gasteiger partial charge in [-0.15, -0.1) is 0 Å². The Hall–Kier alpha value is -3.77. The van der Waals surface area contributed by atoms with Gasteiger partial charge in [0.05, 0.1) is 24.1 Å². The number of nitrogens with zero attached hydrogens (tertiary/aromatic N) is 3. The molecule has 0 aliphatic heterocycles. The molecule has 0 fully saturated rings. The number of rotatable bonds is 6. The minimum Gasteiger partial charge on any atom is -0.465 e. The zero-order chi connectivity index (χ0) is 20.9. The van der Waals surface area contributed by atoms with E-state index in [1.165, 1.54) is 7.11 Å². The lowest BCUT2D eigenvalue weighted by atomic mass is 10.0. The highest BCUT2D eigenvalue weighted by molar-refractivity contribution is 5.90. The van der Waals surface area contributed by atoms with Crippen molar-refractivity contribution in [3.63, 3.8) is 0 Å². The van der Waals surface area contributed by atoms with Crippen molar-refractivity contribution in [1.82, 2.24) is 14.5 Å². The molecule has 0 saturated heterocycles. The number of aromatic nitrogens is 3. The molecule has 0 N–H and O–H groups in total. The fourth-order valence-electron chi connectivity index (χ4n) is 3.40. The minimum atomic E-state index is -0.370.